The topological polar surface area (TPSA) is 148 Å². The fourth-order valence-corrected chi connectivity index (χ4v) is 4.09. The van der Waals surface area contributed by atoms with Gasteiger partial charge in [-0.25, -0.2) is 0 Å². The van der Waals surface area contributed by atoms with Crippen LogP contribution in [0, 0.1) is 0 Å². The van der Waals surface area contributed by atoms with Crippen LogP contribution in [0.15, 0.2) is 4.79 Å². The number of nitrogens with two attached hydrogens (primary N) is 1. The van der Waals surface area contributed by atoms with Gasteiger partial charge in [-0.3, -0.25) is 9.78 Å². The van der Waals surface area contributed by atoms with Crippen LogP contribution in [0.2, 0.25) is 0 Å². The summed E-state index contributed by atoms with van der Waals surface area (Å²) in [6.07, 6.45) is -0.0707. The van der Waals surface area contributed by atoms with Gasteiger partial charge in [0.25, 0.3) is 5.56 Å². The summed E-state index contributed by atoms with van der Waals surface area (Å²) in [7, 11) is 0. The van der Waals surface area contributed by atoms with Crippen LogP contribution in [0.5, 0.6) is 0 Å². The van der Waals surface area contributed by atoms with Crippen LogP contribution in [0.4, 0.5) is 17.5 Å². The molecule has 4 rings (SSSR count). The van der Waals surface area contributed by atoms with Crippen molar-refractivity contribution < 1.29 is 20.1 Å². The number of aromatic amines is 1. The van der Waals surface area contributed by atoms with Crippen LogP contribution < -0.4 is 21.1 Å². The number of nitrogens with one attached hydrogen (secondary N) is 1. The number of hydrogen-bond acceptors (Lipinski definition) is 9. The van der Waals surface area contributed by atoms with Crippen molar-refractivity contribution in [3.05, 3.63) is 10.4 Å². The molecule has 10 heteroatoms. The number of hydrogen-bond donors (Lipinski definition) is 5. The van der Waals surface area contributed by atoms with Gasteiger partial charge in [0.1, 0.15) is 24.0 Å². The molecule has 2 fully saturated rings. The molecular formula is C15H23N5O5. The lowest BCUT2D eigenvalue weighted by Crippen LogP contribution is -2.47. The van der Waals surface area contributed by atoms with Crippen molar-refractivity contribution in [2.24, 2.45) is 0 Å². The Morgan fingerprint density at radius 3 is 2.60 bits per heavy atom. The predicted molar refractivity (Wildman–Crippen MR) is 89.1 cm³/mol. The van der Waals surface area contributed by atoms with Crippen molar-refractivity contribution in [3.8, 4) is 0 Å². The monoisotopic (exact) mass is 353 g/mol. The van der Waals surface area contributed by atoms with E-state index in [-0.39, 0.29) is 17.5 Å². The SMILES string of the molecule is Nc1nc2c(c(=O)[nH]1)N(C1CCCC1)CN2[C@@H]1O[C@H](CO)[C@@H](O)[C@H]1O. The zero-order valence-electron chi connectivity index (χ0n) is 13.7. The van der Waals surface area contributed by atoms with Crippen LogP contribution >= 0.6 is 0 Å². The van der Waals surface area contributed by atoms with Crippen molar-refractivity contribution in [2.45, 2.75) is 56.3 Å². The average Bonchev–Trinajstić information content (AvgIpc) is 3.27. The van der Waals surface area contributed by atoms with Gasteiger partial charge in [0.15, 0.2) is 12.0 Å². The standard InChI is InChI=1S/C15H23N5O5/c16-15-17-12-9(13(24)18-15)19(7-3-1-2-4-7)6-20(12)14-11(23)10(22)8(5-21)25-14/h7-8,10-11,14,21-23H,1-6H2,(H3,16,17,18,24)/t8-,10-,11-,14-/m1/s1. The zero-order chi connectivity index (χ0) is 17.7. The van der Waals surface area contributed by atoms with E-state index >= 15 is 0 Å². The summed E-state index contributed by atoms with van der Waals surface area (Å²) in [6.45, 7) is -0.0984. The molecule has 4 atom stereocenters. The second kappa shape index (κ2) is 6.13. The maximum atomic E-state index is 12.5. The van der Waals surface area contributed by atoms with E-state index in [0.717, 1.165) is 25.7 Å². The molecule has 1 saturated carbocycles. The lowest BCUT2D eigenvalue weighted by Gasteiger charge is -2.30. The highest BCUT2D eigenvalue weighted by molar-refractivity contribution is 5.73. The second-order valence-corrected chi connectivity index (χ2v) is 6.87. The number of nitrogens with zero attached hydrogens (tertiary/aromatic N) is 3. The van der Waals surface area contributed by atoms with Gasteiger partial charge in [-0.2, -0.15) is 4.98 Å². The maximum Gasteiger partial charge on any atom is 0.278 e. The number of anilines is 3. The van der Waals surface area contributed by atoms with Gasteiger partial charge in [-0.1, -0.05) is 12.8 Å². The Morgan fingerprint density at radius 1 is 1.24 bits per heavy atom. The first-order valence-corrected chi connectivity index (χ1v) is 8.56. The fourth-order valence-electron chi connectivity index (χ4n) is 4.09. The number of nitrogen functional groups attached to an aromatic ring is 1. The van der Waals surface area contributed by atoms with Crippen molar-refractivity contribution in [1.82, 2.24) is 9.97 Å². The van der Waals surface area contributed by atoms with E-state index in [0.29, 0.717) is 18.2 Å². The first-order valence-electron chi connectivity index (χ1n) is 8.56. The molecular weight excluding hydrogens is 330 g/mol. The summed E-state index contributed by atoms with van der Waals surface area (Å²) < 4.78 is 5.62. The number of rotatable bonds is 3. The van der Waals surface area contributed by atoms with Crippen LogP contribution in [0.1, 0.15) is 25.7 Å². The van der Waals surface area contributed by atoms with Gasteiger partial charge < -0.3 is 35.6 Å². The molecule has 0 spiro atoms. The van der Waals surface area contributed by atoms with Crippen molar-refractivity contribution in [1.29, 1.82) is 0 Å². The van der Waals surface area contributed by atoms with Gasteiger partial charge in [0, 0.05) is 6.04 Å². The minimum atomic E-state index is -1.23. The Morgan fingerprint density at radius 2 is 1.96 bits per heavy atom. The molecule has 1 aromatic heterocycles. The minimum absolute atomic E-state index is 0.0197. The summed E-state index contributed by atoms with van der Waals surface area (Å²) in [5, 5.41) is 29.7. The molecule has 2 aliphatic heterocycles. The summed E-state index contributed by atoms with van der Waals surface area (Å²) in [4.78, 5) is 22.9. The maximum absolute atomic E-state index is 12.5. The highest BCUT2D eigenvalue weighted by Crippen LogP contribution is 2.40. The Labute approximate surface area is 143 Å². The largest absolute Gasteiger partial charge is 0.394 e. The van der Waals surface area contributed by atoms with E-state index in [1.165, 1.54) is 0 Å². The smallest absolute Gasteiger partial charge is 0.278 e. The van der Waals surface area contributed by atoms with E-state index in [2.05, 4.69) is 9.97 Å². The van der Waals surface area contributed by atoms with Gasteiger partial charge in [0.05, 0.1) is 13.3 Å². The number of ether oxygens (including phenoxy) is 1. The molecule has 1 aliphatic carbocycles. The van der Waals surface area contributed by atoms with Crippen LogP contribution in [-0.2, 0) is 4.74 Å². The van der Waals surface area contributed by atoms with Crippen molar-refractivity contribution >= 4 is 17.5 Å². The van der Waals surface area contributed by atoms with E-state index in [1.807, 2.05) is 4.90 Å². The first kappa shape index (κ1) is 16.6. The number of fused-ring (bicyclic) bond motifs is 1. The molecule has 1 saturated heterocycles. The van der Waals surface area contributed by atoms with Gasteiger partial charge in [-0.05, 0) is 12.8 Å². The lowest BCUT2D eigenvalue weighted by atomic mass is 10.1. The molecule has 1 aromatic rings. The number of aliphatic hydroxyl groups excluding tert-OH is 3. The van der Waals surface area contributed by atoms with Crippen molar-refractivity contribution in [3.63, 3.8) is 0 Å². The first-order chi connectivity index (χ1) is 12.0. The van der Waals surface area contributed by atoms with E-state index in [1.54, 1.807) is 4.90 Å². The second-order valence-electron chi connectivity index (χ2n) is 6.87. The Bertz CT molecular complexity index is 706. The molecule has 10 nitrogen and oxygen atoms in total. The fraction of sp³-hybridized carbons (Fsp3) is 0.733. The van der Waals surface area contributed by atoms with Crippen LogP contribution in [0.25, 0.3) is 0 Å². The molecule has 3 aliphatic rings. The molecule has 3 heterocycles. The highest BCUT2D eigenvalue weighted by atomic mass is 16.6. The summed E-state index contributed by atoms with van der Waals surface area (Å²) >= 11 is 0. The third-order valence-electron chi connectivity index (χ3n) is 5.35. The van der Waals surface area contributed by atoms with Gasteiger partial charge >= 0.3 is 0 Å². The molecule has 138 valence electrons. The molecule has 0 aromatic carbocycles. The molecule has 0 amide bonds. The van der Waals surface area contributed by atoms with E-state index < -0.39 is 31.1 Å². The van der Waals surface area contributed by atoms with E-state index in [9.17, 15) is 20.1 Å². The molecule has 6 N–H and O–H groups in total. The number of H-pyrrole nitrogens is 1. The zero-order valence-corrected chi connectivity index (χ0v) is 13.7. The van der Waals surface area contributed by atoms with E-state index in [4.69, 9.17) is 10.5 Å². The molecule has 0 bridgehead atoms. The molecule has 0 radical (unpaired) electrons. The Kier molecular flexibility index (Phi) is 4.07. The predicted octanol–water partition coefficient (Wildman–Crippen LogP) is -1.68. The molecule has 0 unspecified atom stereocenters. The Balaban J connectivity index is 1.72. The Hall–Kier alpha value is -1.88. The third kappa shape index (κ3) is 2.56. The summed E-state index contributed by atoms with van der Waals surface area (Å²) in [5.41, 5.74) is 5.79. The van der Waals surface area contributed by atoms with Gasteiger partial charge in [0.2, 0.25) is 5.95 Å². The van der Waals surface area contributed by atoms with Crippen LogP contribution in [-0.4, -0.2) is 69.1 Å². The van der Waals surface area contributed by atoms with Crippen molar-refractivity contribution in [2.75, 3.05) is 28.8 Å². The average molecular weight is 353 g/mol. The normalized spacial score (nSPS) is 32.6. The number of aromatic nitrogens is 2. The lowest BCUT2D eigenvalue weighted by molar-refractivity contribution is -0.0222. The quantitative estimate of drug-likeness (QED) is 0.429. The third-order valence-corrected chi connectivity index (χ3v) is 5.35. The minimum Gasteiger partial charge on any atom is -0.394 e. The number of aliphatic hydroxyl groups is 3. The van der Waals surface area contributed by atoms with Gasteiger partial charge in [-0.15, -0.1) is 0 Å². The molecule has 25 heavy (non-hydrogen) atoms. The summed E-state index contributed by atoms with van der Waals surface area (Å²) in [6, 6.07) is 0.215. The highest BCUT2D eigenvalue weighted by Gasteiger charge is 2.49. The van der Waals surface area contributed by atoms with Crippen LogP contribution in [0.3, 0.4) is 0 Å². The summed E-state index contributed by atoms with van der Waals surface area (Å²) in [5.74, 6) is 0.316.